The molecule has 78 valence electrons. The first kappa shape index (κ1) is 10.9. The zero-order chi connectivity index (χ0) is 10.9. The summed E-state index contributed by atoms with van der Waals surface area (Å²) in [5.41, 5.74) is 1.72. The van der Waals surface area contributed by atoms with Crippen molar-refractivity contribution in [2.75, 3.05) is 0 Å². The van der Waals surface area contributed by atoms with E-state index in [2.05, 4.69) is 0 Å². The van der Waals surface area contributed by atoms with Gasteiger partial charge in [0.25, 0.3) is 0 Å². The van der Waals surface area contributed by atoms with Crippen molar-refractivity contribution in [3.63, 3.8) is 0 Å². The second kappa shape index (κ2) is 3.91. The highest BCUT2D eigenvalue weighted by Crippen LogP contribution is 2.38. The molecule has 0 fully saturated rings. The molecule has 14 heavy (non-hydrogen) atoms. The summed E-state index contributed by atoms with van der Waals surface area (Å²) in [5.74, 6) is 1.00. The highest BCUT2D eigenvalue weighted by Gasteiger charge is 2.17. The SMILES string of the molecule is CC(C)c1c(O)ccc(O)c1C(C)C. The first-order valence-electron chi connectivity index (χ1n) is 4.99. The van der Waals surface area contributed by atoms with Crippen LogP contribution in [0.3, 0.4) is 0 Å². The van der Waals surface area contributed by atoms with Crippen molar-refractivity contribution in [2.24, 2.45) is 0 Å². The summed E-state index contributed by atoms with van der Waals surface area (Å²) in [6.45, 7) is 8.06. The van der Waals surface area contributed by atoms with Gasteiger partial charge in [0.15, 0.2) is 0 Å². The Morgan fingerprint density at radius 3 is 1.29 bits per heavy atom. The molecule has 0 unspecified atom stereocenters. The van der Waals surface area contributed by atoms with Crippen LogP contribution in [-0.4, -0.2) is 10.2 Å². The minimum atomic E-state index is 0.222. The van der Waals surface area contributed by atoms with Gasteiger partial charge in [-0.15, -0.1) is 0 Å². The summed E-state index contributed by atoms with van der Waals surface area (Å²) in [5, 5.41) is 19.4. The van der Waals surface area contributed by atoms with Gasteiger partial charge in [-0.2, -0.15) is 0 Å². The van der Waals surface area contributed by atoms with Gasteiger partial charge in [-0.05, 0) is 24.0 Å². The van der Waals surface area contributed by atoms with Crippen LogP contribution in [0, 0.1) is 0 Å². The average molecular weight is 194 g/mol. The van der Waals surface area contributed by atoms with Gasteiger partial charge in [0, 0.05) is 11.1 Å². The van der Waals surface area contributed by atoms with Crippen molar-refractivity contribution < 1.29 is 10.2 Å². The maximum absolute atomic E-state index is 9.72. The maximum atomic E-state index is 9.72. The molecule has 0 aliphatic carbocycles. The Bertz CT molecular complexity index is 294. The largest absolute Gasteiger partial charge is 0.508 e. The third kappa shape index (κ3) is 1.84. The highest BCUT2D eigenvalue weighted by atomic mass is 16.3. The predicted molar refractivity (Wildman–Crippen MR) is 57.9 cm³/mol. The van der Waals surface area contributed by atoms with E-state index in [1.807, 2.05) is 27.7 Å². The van der Waals surface area contributed by atoms with Crippen LogP contribution in [-0.2, 0) is 0 Å². The number of hydrogen-bond donors (Lipinski definition) is 2. The quantitative estimate of drug-likeness (QED) is 0.709. The summed E-state index contributed by atoms with van der Waals surface area (Å²) in [7, 11) is 0. The van der Waals surface area contributed by atoms with Crippen molar-refractivity contribution in [1.82, 2.24) is 0 Å². The monoisotopic (exact) mass is 194 g/mol. The summed E-state index contributed by atoms with van der Waals surface area (Å²) < 4.78 is 0. The lowest BCUT2D eigenvalue weighted by Crippen LogP contribution is -1.99. The first-order chi connectivity index (χ1) is 6.45. The molecule has 0 saturated heterocycles. The van der Waals surface area contributed by atoms with Crippen molar-refractivity contribution in [1.29, 1.82) is 0 Å². The fourth-order valence-electron chi connectivity index (χ4n) is 1.83. The van der Waals surface area contributed by atoms with Crippen molar-refractivity contribution in [3.05, 3.63) is 23.3 Å². The van der Waals surface area contributed by atoms with Crippen LogP contribution in [0.1, 0.15) is 50.7 Å². The average Bonchev–Trinajstić information content (AvgIpc) is 2.07. The summed E-state index contributed by atoms with van der Waals surface area (Å²) in [6, 6.07) is 3.10. The smallest absolute Gasteiger partial charge is 0.119 e. The molecule has 0 aromatic heterocycles. The van der Waals surface area contributed by atoms with Gasteiger partial charge >= 0.3 is 0 Å². The van der Waals surface area contributed by atoms with Crippen LogP contribution >= 0.6 is 0 Å². The fourth-order valence-corrected chi connectivity index (χ4v) is 1.83. The number of aromatic hydroxyl groups is 2. The van der Waals surface area contributed by atoms with Gasteiger partial charge in [0.1, 0.15) is 11.5 Å². The lowest BCUT2D eigenvalue weighted by molar-refractivity contribution is 0.441. The summed E-state index contributed by atoms with van der Waals surface area (Å²) >= 11 is 0. The van der Waals surface area contributed by atoms with E-state index in [0.717, 1.165) is 11.1 Å². The number of benzene rings is 1. The van der Waals surface area contributed by atoms with Crippen LogP contribution in [0.25, 0.3) is 0 Å². The highest BCUT2D eigenvalue weighted by molar-refractivity contribution is 5.50. The van der Waals surface area contributed by atoms with E-state index in [-0.39, 0.29) is 23.3 Å². The molecule has 0 aliphatic heterocycles. The van der Waals surface area contributed by atoms with E-state index >= 15 is 0 Å². The van der Waals surface area contributed by atoms with Gasteiger partial charge in [-0.3, -0.25) is 0 Å². The number of hydrogen-bond acceptors (Lipinski definition) is 2. The second-order valence-electron chi connectivity index (χ2n) is 4.24. The first-order valence-corrected chi connectivity index (χ1v) is 4.99. The van der Waals surface area contributed by atoms with Crippen molar-refractivity contribution in [2.45, 2.75) is 39.5 Å². The molecule has 0 heterocycles. The molecule has 0 atom stereocenters. The lowest BCUT2D eigenvalue weighted by Gasteiger charge is -2.18. The van der Waals surface area contributed by atoms with Gasteiger partial charge in [0.2, 0.25) is 0 Å². The summed E-state index contributed by atoms with van der Waals surface area (Å²) in [4.78, 5) is 0. The Hall–Kier alpha value is -1.18. The van der Waals surface area contributed by atoms with E-state index in [0.29, 0.717) is 0 Å². The van der Waals surface area contributed by atoms with Crippen molar-refractivity contribution in [3.8, 4) is 11.5 Å². The Balaban J connectivity index is 3.42. The third-order valence-electron chi connectivity index (χ3n) is 2.40. The normalized spacial score (nSPS) is 11.3. The van der Waals surface area contributed by atoms with Gasteiger partial charge < -0.3 is 10.2 Å². The Labute approximate surface area is 85.2 Å². The molecule has 0 bridgehead atoms. The fraction of sp³-hybridized carbons (Fsp3) is 0.500. The predicted octanol–water partition coefficient (Wildman–Crippen LogP) is 3.34. The van der Waals surface area contributed by atoms with Gasteiger partial charge in [-0.1, -0.05) is 27.7 Å². The molecule has 0 amide bonds. The standard InChI is InChI=1S/C12H18O2/c1-7(2)11-9(13)5-6-10(14)12(11)8(3)4/h5-8,13-14H,1-4H3. The topological polar surface area (TPSA) is 40.5 Å². The number of phenols is 2. The summed E-state index contributed by atoms with van der Waals surface area (Å²) in [6.07, 6.45) is 0. The second-order valence-corrected chi connectivity index (χ2v) is 4.24. The molecule has 1 rings (SSSR count). The van der Waals surface area contributed by atoms with Crippen molar-refractivity contribution >= 4 is 0 Å². The molecule has 0 spiro atoms. The molecule has 0 radical (unpaired) electrons. The molecule has 2 nitrogen and oxygen atoms in total. The van der Waals surface area contributed by atoms with Gasteiger partial charge in [-0.25, -0.2) is 0 Å². The molecule has 0 saturated carbocycles. The molecule has 2 heteroatoms. The Kier molecular flexibility index (Phi) is 3.04. The minimum absolute atomic E-state index is 0.222. The Morgan fingerprint density at radius 1 is 0.786 bits per heavy atom. The molecule has 1 aromatic rings. The zero-order valence-corrected chi connectivity index (χ0v) is 9.20. The zero-order valence-electron chi connectivity index (χ0n) is 9.20. The van der Waals surface area contributed by atoms with Crippen LogP contribution in [0.5, 0.6) is 11.5 Å². The van der Waals surface area contributed by atoms with Crippen LogP contribution in [0.2, 0.25) is 0 Å². The van der Waals surface area contributed by atoms with Crippen LogP contribution < -0.4 is 0 Å². The van der Waals surface area contributed by atoms with Crippen LogP contribution in [0.4, 0.5) is 0 Å². The van der Waals surface area contributed by atoms with E-state index in [1.165, 1.54) is 0 Å². The Morgan fingerprint density at radius 2 is 1.07 bits per heavy atom. The molecule has 1 aromatic carbocycles. The number of phenolic OH excluding ortho intramolecular Hbond substituents is 2. The van der Waals surface area contributed by atoms with Crippen LogP contribution in [0.15, 0.2) is 12.1 Å². The molecule has 2 N–H and O–H groups in total. The van der Waals surface area contributed by atoms with Gasteiger partial charge in [0.05, 0.1) is 0 Å². The lowest BCUT2D eigenvalue weighted by atomic mass is 9.89. The van der Waals surface area contributed by atoms with E-state index < -0.39 is 0 Å². The molecule has 0 aliphatic rings. The molecular formula is C12H18O2. The van der Waals surface area contributed by atoms with E-state index in [4.69, 9.17) is 0 Å². The molecular weight excluding hydrogens is 176 g/mol. The third-order valence-corrected chi connectivity index (χ3v) is 2.40. The van der Waals surface area contributed by atoms with E-state index in [9.17, 15) is 10.2 Å². The van der Waals surface area contributed by atoms with E-state index in [1.54, 1.807) is 12.1 Å². The maximum Gasteiger partial charge on any atom is 0.119 e. The minimum Gasteiger partial charge on any atom is -0.508 e. The number of rotatable bonds is 2.